The van der Waals surface area contributed by atoms with E-state index in [1.807, 2.05) is 19.1 Å². The van der Waals surface area contributed by atoms with Gasteiger partial charge in [0.05, 0.1) is 18.4 Å². The molecule has 144 valence electrons. The number of nitrogens with one attached hydrogen (secondary N) is 2. The van der Waals surface area contributed by atoms with Gasteiger partial charge >= 0.3 is 0 Å². The molecule has 0 saturated heterocycles. The fourth-order valence-corrected chi connectivity index (χ4v) is 3.20. The first-order valence-electron chi connectivity index (χ1n) is 9.12. The third-order valence-corrected chi connectivity index (χ3v) is 4.73. The van der Waals surface area contributed by atoms with Gasteiger partial charge in [0.25, 0.3) is 5.91 Å². The number of ether oxygens (including phenoxy) is 1. The van der Waals surface area contributed by atoms with Crippen LogP contribution >= 0.6 is 0 Å². The number of anilines is 1. The van der Waals surface area contributed by atoms with Gasteiger partial charge < -0.3 is 15.4 Å². The first-order chi connectivity index (χ1) is 12.9. The number of methoxy groups -OCH3 is 1. The number of para-hydroxylation sites is 1. The van der Waals surface area contributed by atoms with Crippen LogP contribution in [0.15, 0.2) is 42.5 Å². The zero-order valence-corrected chi connectivity index (χ0v) is 16.6. The summed E-state index contributed by atoms with van der Waals surface area (Å²) in [4.78, 5) is 24.7. The highest BCUT2D eigenvalue weighted by Crippen LogP contribution is 2.31. The van der Waals surface area contributed by atoms with E-state index in [0.29, 0.717) is 17.7 Å². The molecule has 0 saturated carbocycles. The van der Waals surface area contributed by atoms with Crippen molar-refractivity contribution in [3.63, 3.8) is 0 Å². The van der Waals surface area contributed by atoms with Gasteiger partial charge in [0.15, 0.2) is 0 Å². The summed E-state index contributed by atoms with van der Waals surface area (Å²) in [5.74, 6) is 0.861. The monoisotopic (exact) mass is 368 g/mol. The Labute approximate surface area is 161 Å². The number of carbonyl (C=O) groups excluding carboxylic acids is 2. The lowest BCUT2D eigenvalue weighted by Crippen LogP contribution is -2.23. The van der Waals surface area contributed by atoms with Gasteiger partial charge in [0.2, 0.25) is 5.91 Å². The van der Waals surface area contributed by atoms with Crippen LogP contribution in [0.1, 0.15) is 47.7 Å². The van der Waals surface area contributed by atoms with Gasteiger partial charge in [-0.15, -0.1) is 0 Å². The Morgan fingerprint density at radius 1 is 1.11 bits per heavy atom. The molecule has 2 rings (SSSR count). The minimum Gasteiger partial charge on any atom is -0.496 e. The highest BCUT2D eigenvalue weighted by atomic mass is 16.5. The molecule has 0 fully saturated rings. The third-order valence-electron chi connectivity index (χ3n) is 4.73. The van der Waals surface area contributed by atoms with E-state index in [-0.39, 0.29) is 23.7 Å². The topological polar surface area (TPSA) is 67.4 Å². The lowest BCUT2D eigenvalue weighted by atomic mass is 9.84. The number of aryl methyl sites for hydroxylation is 1. The molecule has 0 radical (unpaired) electrons. The van der Waals surface area contributed by atoms with Crippen LogP contribution in [0.3, 0.4) is 0 Å². The summed E-state index contributed by atoms with van der Waals surface area (Å²) >= 11 is 0. The summed E-state index contributed by atoms with van der Waals surface area (Å²) in [6.07, 6.45) is 0.339. The molecule has 0 bridgehead atoms. The number of rotatable bonds is 7. The second kappa shape index (κ2) is 9.21. The van der Waals surface area contributed by atoms with E-state index in [9.17, 15) is 9.59 Å². The molecular weight excluding hydrogens is 340 g/mol. The van der Waals surface area contributed by atoms with Crippen LogP contribution in [0.25, 0.3) is 0 Å². The maximum absolute atomic E-state index is 12.7. The highest BCUT2D eigenvalue weighted by molar-refractivity contribution is 6.03. The summed E-state index contributed by atoms with van der Waals surface area (Å²) in [5.41, 5.74) is 3.13. The van der Waals surface area contributed by atoms with Crippen molar-refractivity contribution in [2.45, 2.75) is 33.1 Å². The maximum Gasteiger partial charge on any atom is 0.253 e. The zero-order chi connectivity index (χ0) is 20.0. The Kier molecular flexibility index (Phi) is 6.99. The summed E-state index contributed by atoms with van der Waals surface area (Å²) < 4.78 is 5.33. The van der Waals surface area contributed by atoms with Crippen molar-refractivity contribution in [2.24, 2.45) is 5.92 Å². The molecular formula is C22H28N2O3. The largest absolute Gasteiger partial charge is 0.496 e. The van der Waals surface area contributed by atoms with Crippen molar-refractivity contribution >= 4 is 17.5 Å². The van der Waals surface area contributed by atoms with Crippen molar-refractivity contribution in [2.75, 3.05) is 19.5 Å². The number of benzene rings is 2. The summed E-state index contributed by atoms with van der Waals surface area (Å²) in [6.45, 7) is 6.21. The fraction of sp³-hybridized carbons (Fsp3) is 0.364. The molecule has 27 heavy (non-hydrogen) atoms. The third kappa shape index (κ3) is 5.09. The van der Waals surface area contributed by atoms with E-state index in [1.54, 1.807) is 38.4 Å². The van der Waals surface area contributed by atoms with Gasteiger partial charge in [0.1, 0.15) is 5.75 Å². The number of hydrogen-bond donors (Lipinski definition) is 2. The number of amides is 2. The van der Waals surface area contributed by atoms with Crippen LogP contribution in [0.2, 0.25) is 0 Å². The van der Waals surface area contributed by atoms with Crippen LogP contribution in [-0.2, 0) is 4.79 Å². The maximum atomic E-state index is 12.7. The van der Waals surface area contributed by atoms with Crippen molar-refractivity contribution in [1.29, 1.82) is 0 Å². The lowest BCUT2D eigenvalue weighted by molar-refractivity contribution is -0.116. The zero-order valence-electron chi connectivity index (χ0n) is 16.6. The van der Waals surface area contributed by atoms with E-state index < -0.39 is 0 Å². The first-order valence-corrected chi connectivity index (χ1v) is 9.12. The number of carbonyl (C=O) groups is 2. The standard InChI is InChI=1S/C22H28N2O3/c1-14(2)18(16-10-11-20(27-5)15(3)12-16)13-21(25)24-19-9-7-6-8-17(19)22(26)23-4/h6-12,14,18H,13H2,1-5H3,(H,23,26)(H,24,25). The van der Waals surface area contributed by atoms with Gasteiger partial charge in [-0.1, -0.05) is 38.1 Å². The molecule has 0 spiro atoms. The molecule has 0 aliphatic heterocycles. The van der Waals surface area contributed by atoms with Gasteiger partial charge in [-0.2, -0.15) is 0 Å². The Bertz CT molecular complexity index is 815. The Balaban J connectivity index is 2.19. The Hall–Kier alpha value is -2.82. The molecule has 5 nitrogen and oxygen atoms in total. The average molecular weight is 368 g/mol. The SMILES string of the molecule is CNC(=O)c1ccccc1NC(=O)CC(c1ccc(OC)c(C)c1)C(C)C. The molecule has 2 N–H and O–H groups in total. The predicted octanol–water partition coefficient (Wildman–Crippen LogP) is 4.13. The lowest BCUT2D eigenvalue weighted by Gasteiger charge is -2.22. The molecule has 0 heterocycles. The van der Waals surface area contributed by atoms with Crippen molar-refractivity contribution < 1.29 is 14.3 Å². The summed E-state index contributed by atoms with van der Waals surface area (Å²) in [7, 11) is 3.22. The molecule has 5 heteroatoms. The predicted molar refractivity (Wildman–Crippen MR) is 108 cm³/mol. The molecule has 2 aromatic carbocycles. The van der Waals surface area contributed by atoms with Crippen LogP contribution < -0.4 is 15.4 Å². The van der Waals surface area contributed by atoms with Crippen molar-refractivity contribution in [1.82, 2.24) is 5.32 Å². The van der Waals surface area contributed by atoms with Gasteiger partial charge in [0, 0.05) is 13.5 Å². The van der Waals surface area contributed by atoms with E-state index >= 15 is 0 Å². The first kappa shape index (κ1) is 20.5. The summed E-state index contributed by atoms with van der Waals surface area (Å²) in [6, 6.07) is 13.0. The minimum atomic E-state index is -0.225. The quantitative estimate of drug-likeness (QED) is 0.772. The van der Waals surface area contributed by atoms with E-state index in [0.717, 1.165) is 16.9 Å². The molecule has 1 unspecified atom stereocenters. The van der Waals surface area contributed by atoms with Crippen LogP contribution in [0.4, 0.5) is 5.69 Å². The van der Waals surface area contributed by atoms with Gasteiger partial charge in [-0.3, -0.25) is 9.59 Å². The number of hydrogen-bond acceptors (Lipinski definition) is 3. The molecule has 1 atom stereocenters. The van der Waals surface area contributed by atoms with Crippen molar-refractivity contribution in [3.05, 3.63) is 59.2 Å². The smallest absolute Gasteiger partial charge is 0.253 e. The van der Waals surface area contributed by atoms with E-state index in [2.05, 4.69) is 30.5 Å². The molecule has 0 aliphatic rings. The average Bonchev–Trinajstić information content (AvgIpc) is 2.65. The van der Waals surface area contributed by atoms with E-state index in [1.165, 1.54) is 0 Å². The summed E-state index contributed by atoms with van der Waals surface area (Å²) in [5, 5.41) is 5.49. The second-order valence-electron chi connectivity index (χ2n) is 6.96. The second-order valence-corrected chi connectivity index (χ2v) is 6.96. The van der Waals surface area contributed by atoms with E-state index in [4.69, 9.17) is 4.74 Å². The normalized spacial score (nSPS) is 11.8. The fourth-order valence-electron chi connectivity index (χ4n) is 3.20. The van der Waals surface area contributed by atoms with Crippen LogP contribution in [0.5, 0.6) is 5.75 Å². The Morgan fingerprint density at radius 3 is 2.41 bits per heavy atom. The molecule has 2 amide bonds. The minimum absolute atomic E-state index is 0.0711. The van der Waals surface area contributed by atoms with Crippen LogP contribution in [0, 0.1) is 12.8 Å². The molecule has 0 aromatic heterocycles. The van der Waals surface area contributed by atoms with Gasteiger partial charge in [-0.25, -0.2) is 0 Å². The Morgan fingerprint density at radius 2 is 1.81 bits per heavy atom. The highest BCUT2D eigenvalue weighted by Gasteiger charge is 2.21. The van der Waals surface area contributed by atoms with Gasteiger partial charge in [-0.05, 0) is 48.1 Å². The van der Waals surface area contributed by atoms with Crippen molar-refractivity contribution in [3.8, 4) is 5.75 Å². The molecule has 0 aliphatic carbocycles. The van der Waals surface area contributed by atoms with Crippen LogP contribution in [-0.4, -0.2) is 26.0 Å². The molecule has 2 aromatic rings.